The molecule has 1 aliphatic carbocycles. The van der Waals surface area contributed by atoms with Crippen molar-refractivity contribution in [2.75, 3.05) is 19.0 Å². The van der Waals surface area contributed by atoms with E-state index in [2.05, 4.69) is 10.4 Å². The predicted octanol–water partition coefficient (Wildman–Crippen LogP) is 0.744. The van der Waals surface area contributed by atoms with Crippen molar-refractivity contribution in [2.45, 2.75) is 31.3 Å². The smallest absolute Gasteiger partial charge is 0.253 e. The van der Waals surface area contributed by atoms with Crippen LogP contribution < -0.4 is 11.3 Å². The van der Waals surface area contributed by atoms with Gasteiger partial charge in [0.05, 0.1) is 5.60 Å². The van der Waals surface area contributed by atoms with E-state index in [0.29, 0.717) is 17.9 Å². The maximum absolute atomic E-state index is 12.3. The van der Waals surface area contributed by atoms with Crippen molar-refractivity contribution in [3.8, 4) is 0 Å². The van der Waals surface area contributed by atoms with Gasteiger partial charge in [0.25, 0.3) is 5.91 Å². The van der Waals surface area contributed by atoms with Crippen LogP contribution in [-0.2, 0) is 0 Å². The van der Waals surface area contributed by atoms with Gasteiger partial charge < -0.3 is 15.4 Å². The van der Waals surface area contributed by atoms with Crippen LogP contribution >= 0.6 is 0 Å². The molecule has 6 nitrogen and oxygen atoms in total. The van der Waals surface area contributed by atoms with Crippen LogP contribution in [0.25, 0.3) is 0 Å². The van der Waals surface area contributed by atoms with E-state index in [1.807, 2.05) is 0 Å². The third-order valence-electron chi connectivity index (χ3n) is 3.57. The summed E-state index contributed by atoms with van der Waals surface area (Å²) in [7, 11) is 1.70. The second kappa shape index (κ2) is 5.54. The van der Waals surface area contributed by atoms with Gasteiger partial charge in [-0.25, -0.2) is 10.8 Å². The van der Waals surface area contributed by atoms with Gasteiger partial charge in [-0.2, -0.15) is 0 Å². The molecule has 1 heterocycles. The van der Waals surface area contributed by atoms with Gasteiger partial charge in [0.2, 0.25) is 0 Å². The van der Waals surface area contributed by atoms with Gasteiger partial charge in [0, 0.05) is 25.4 Å². The number of carbonyl (C=O) groups is 1. The van der Waals surface area contributed by atoms with Gasteiger partial charge in [0.15, 0.2) is 0 Å². The van der Waals surface area contributed by atoms with Crippen molar-refractivity contribution in [3.05, 3.63) is 23.9 Å². The number of anilines is 1. The molecule has 6 heteroatoms. The molecule has 0 radical (unpaired) electrons. The van der Waals surface area contributed by atoms with Gasteiger partial charge in [-0.3, -0.25) is 4.79 Å². The van der Waals surface area contributed by atoms with Crippen LogP contribution in [0.1, 0.15) is 36.0 Å². The molecule has 104 valence electrons. The normalized spacial score (nSPS) is 17.2. The molecule has 0 aliphatic heterocycles. The fraction of sp³-hybridized carbons (Fsp3) is 0.538. The maximum atomic E-state index is 12.3. The fourth-order valence-corrected chi connectivity index (χ4v) is 2.57. The number of rotatable bonds is 4. The highest BCUT2D eigenvalue weighted by molar-refractivity contribution is 5.94. The first-order valence-corrected chi connectivity index (χ1v) is 6.45. The molecule has 4 N–H and O–H groups in total. The predicted molar refractivity (Wildman–Crippen MR) is 72.4 cm³/mol. The number of aliphatic hydroxyl groups is 1. The van der Waals surface area contributed by atoms with Crippen molar-refractivity contribution in [3.63, 3.8) is 0 Å². The third-order valence-corrected chi connectivity index (χ3v) is 3.57. The first kappa shape index (κ1) is 13.8. The SMILES string of the molecule is CN(CC1(O)CCCC1)C(=O)c1ccnc(NN)c1. The highest BCUT2D eigenvalue weighted by atomic mass is 16.3. The van der Waals surface area contributed by atoms with Crippen LogP contribution in [0.5, 0.6) is 0 Å². The number of amides is 1. The molecule has 0 bridgehead atoms. The molecule has 0 unspecified atom stereocenters. The Bertz CT molecular complexity index is 458. The molecule has 2 rings (SSSR count). The Morgan fingerprint density at radius 2 is 2.26 bits per heavy atom. The van der Waals surface area contributed by atoms with E-state index in [9.17, 15) is 9.90 Å². The minimum Gasteiger partial charge on any atom is -0.388 e. The molecule has 1 aromatic rings. The standard InChI is InChI=1S/C13H20N4O2/c1-17(9-13(19)5-2-3-6-13)12(18)10-4-7-15-11(8-10)16-14/h4,7-8,19H,2-3,5-6,9,14H2,1H3,(H,15,16). The molecular formula is C13H20N4O2. The van der Waals surface area contributed by atoms with Gasteiger partial charge in [-0.15, -0.1) is 0 Å². The fourth-order valence-electron chi connectivity index (χ4n) is 2.57. The van der Waals surface area contributed by atoms with Gasteiger partial charge >= 0.3 is 0 Å². The highest BCUT2D eigenvalue weighted by Gasteiger charge is 2.33. The van der Waals surface area contributed by atoms with E-state index in [1.54, 1.807) is 24.1 Å². The summed E-state index contributed by atoms with van der Waals surface area (Å²) in [4.78, 5) is 17.8. The van der Waals surface area contributed by atoms with Crippen molar-refractivity contribution in [1.82, 2.24) is 9.88 Å². The second-order valence-electron chi connectivity index (χ2n) is 5.17. The zero-order chi connectivity index (χ0) is 13.9. The van der Waals surface area contributed by atoms with Crippen LogP contribution in [0, 0.1) is 0 Å². The molecule has 1 aromatic heterocycles. The summed E-state index contributed by atoms with van der Waals surface area (Å²) in [5.41, 5.74) is 2.19. The Balaban J connectivity index is 2.05. The summed E-state index contributed by atoms with van der Waals surface area (Å²) in [5, 5.41) is 10.3. The zero-order valence-corrected chi connectivity index (χ0v) is 11.1. The van der Waals surface area contributed by atoms with E-state index in [4.69, 9.17) is 5.84 Å². The average Bonchev–Trinajstić information content (AvgIpc) is 2.84. The largest absolute Gasteiger partial charge is 0.388 e. The van der Waals surface area contributed by atoms with Gasteiger partial charge in [-0.05, 0) is 25.0 Å². The molecule has 1 saturated carbocycles. The van der Waals surface area contributed by atoms with E-state index >= 15 is 0 Å². The number of nitrogen functional groups attached to an aromatic ring is 1. The highest BCUT2D eigenvalue weighted by Crippen LogP contribution is 2.30. The van der Waals surface area contributed by atoms with Crippen LogP contribution in [0.15, 0.2) is 18.3 Å². The summed E-state index contributed by atoms with van der Waals surface area (Å²) in [6.45, 7) is 0.361. The number of pyridine rings is 1. The molecule has 19 heavy (non-hydrogen) atoms. The quantitative estimate of drug-likeness (QED) is 0.551. The summed E-state index contributed by atoms with van der Waals surface area (Å²) < 4.78 is 0. The number of hydrazine groups is 1. The first-order chi connectivity index (χ1) is 9.04. The first-order valence-electron chi connectivity index (χ1n) is 6.45. The molecular weight excluding hydrogens is 244 g/mol. The Morgan fingerprint density at radius 3 is 2.89 bits per heavy atom. The lowest BCUT2D eigenvalue weighted by atomic mass is 10.0. The summed E-state index contributed by atoms with van der Waals surface area (Å²) in [6, 6.07) is 3.23. The second-order valence-corrected chi connectivity index (χ2v) is 5.17. The Hall–Kier alpha value is -1.66. The maximum Gasteiger partial charge on any atom is 0.253 e. The van der Waals surface area contributed by atoms with E-state index in [0.717, 1.165) is 25.7 Å². The summed E-state index contributed by atoms with van der Waals surface area (Å²) >= 11 is 0. The minimum atomic E-state index is -0.730. The summed E-state index contributed by atoms with van der Waals surface area (Å²) in [5.74, 6) is 5.57. The minimum absolute atomic E-state index is 0.140. The van der Waals surface area contributed by atoms with E-state index in [1.165, 1.54) is 6.20 Å². The van der Waals surface area contributed by atoms with Crippen LogP contribution in [-0.4, -0.2) is 40.1 Å². The molecule has 1 aliphatic rings. The zero-order valence-electron chi connectivity index (χ0n) is 11.1. The van der Waals surface area contributed by atoms with Gasteiger partial charge in [-0.1, -0.05) is 12.8 Å². The topological polar surface area (TPSA) is 91.5 Å². The number of hydrogen-bond acceptors (Lipinski definition) is 5. The molecule has 0 saturated heterocycles. The van der Waals surface area contributed by atoms with Crippen molar-refractivity contribution in [1.29, 1.82) is 0 Å². The number of hydrogen-bond donors (Lipinski definition) is 3. The number of carbonyl (C=O) groups excluding carboxylic acids is 1. The lowest BCUT2D eigenvalue weighted by Gasteiger charge is -2.28. The Labute approximate surface area is 112 Å². The number of likely N-dealkylation sites (N-methyl/N-ethyl adjacent to an activating group) is 1. The van der Waals surface area contributed by atoms with Crippen molar-refractivity contribution >= 4 is 11.7 Å². The monoisotopic (exact) mass is 264 g/mol. The van der Waals surface area contributed by atoms with E-state index in [-0.39, 0.29) is 5.91 Å². The van der Waals surface area contributed by atoms with Gasteiger partial charge in [0.1, 0.15) is 5.82 Å². The average molecular weight is 264 g/mol. The van der Waals surface area contributed by atoms with Crippen LogP contribution in [0.2, 0.25) is 0 Å². The van der Waals surface area contributed by atoms with Crippen molar-refractivity contribution in [2.24, 2.45) is 5.84 Å². The lowest BCUT2D eigenvalue weighted by molar-refractivity contribution is 0.0157. The lowest BCUT2D eigenvalue weighted by Crippen LogP contribution is -2.42. The summed E-state index contributed by atoms with van der Waals surface area (Å²) in [6.07, 6.45) is 5.09. The number of nitrogens with two attached hydrogens (primary N) is 1. The Morgan fingerprint density at radius 1 is 1.58 bits per heavy atom. The molecule has 1 amide bonds. The Kier molecular flexibility index (Phi) is 4.01. The number of nitrogens with zero attached hydrogens (tertiary/aromatic N) is 2. The van der Waals surface area contributed by atoms with E-state index < -0.39 is 5.60 Å². The molecule has 0 spiro atoms. The van der Waals surface area contributed by atoms with Crippen molar-refractivity contribution < 1.29 is 9.90 Å². The number of aromatic nitrogens is 1. The van der Waals surface area contributed by atoms with Crippen LogP contribution in [0.3, 0.4) is 0 Å². The third kappa shape index (κ3) is 3.21. The molecule has 0 atom stereocenters. The molecule has 0 aromatic carbocycles. The van der Waals surface area contributed by atoms with Crippen LogP contribution in [0.4, 0.5) is 5.82 Å². The molecule has 1 fully saturated rings. The number of nitrogens with one attached hydrogen (secondary N) is 1.